The summed E-state index contributed by atoms with van der Waals surface area (Å²) in [4.78, 5) is 10.8. The Morgan fingerprint density at radius 1 is 1.32 bits per heavy atom. The molecule has 4 heteroatoms. The third-order valence-corrected chi connectivity index (χ3v) is 2.72. The van der Waals surface area contributed by atoms with E-state index in [4.69, 9.17) is 9.47 Å². The van der Waals surface area contributed by atoms with Crippen LogP contribution in [0.15, 0.2) is 42.5 Å². The predicted molar refractivity (Wildman–Crippen MR) is 71.2 cm³/mol. The van der Waals surface area contributed by atoms with Gasteiger partial charge in [0.1, 0.15) is 0 Å². The Morgan fingerprint density at radius 2 is 2.16 bits per heavy atom. The maximum absolute atomic E-state index is 10.8. The van der Waals surface area contributed by atoms with Crippen LogP contribution in [0, 0.1) is 0 Å². The van der Waals surface area contributed by atoms with E-state index < -0.39 is 0 Å². The van der Waals surface area contributed by atoms with Crippen LogP contribution in [-0.4, -0.2) is 19.9 Å². The largest absolute Gasteiger partial charge is 0.466 e. The molecule has 0 saturated heterocycles. The van der Waals surface area contributed by atoms with Crippen molar-refractivity contribution in [3.63, 3.8) is 0 Å². The number of carbonyl (C=O) groups is 1. The van der Waals surface area contributed by atoms with Crippen molar-refractivity contribution < 1.29 is 19.0 Å². The number of ether oxygens (including phenoxy) is 3. The maximum atomic E-state index is 10.8. The maximum Gasteiger partial charge on any atom is 0.330 e. The first-order valence-electron chi connectivity index (χ1n) is 6.09. The fourth-order valence-corrected chi connectivity index (χ4v) is 1.72. The second-order valence-electron chi connectivity index (χ2n) is 4.04. The third kappa shape index (κ3) is 3.88. The normalized spacial score (nSPS) is 13.3. The second-order valence-corrected chi connectivity index (χ2v) is 4.04. The van der Waals surface area contributed by atoms with Crippen LogP contribution in [0.1, 0.15) is 12.0 Å². The standard InChI is InChI=1S/C15H16O4/c1-17-15(16)7-5-3-2-4-6-12-8-9-13-14(10-12)19-11-18-13/h2-3,5,7-10H,4,6,11H2,1H3/b3-2+,7-5+. The number of fused-ring (bicyclic) bond motifs is 1. The Hall–Kier alpha value is -2.23. The summed E-state index contributed by atoms with van der Waals surface area (Å²) >= 11 is 0. The minimum atomic E-state index is -0.347. The van der Waals surface area contributed by atoms with Crippen molar-refractivity contribution in [3.05, 3.63) is 48.1 Å². The monoisotopic (exact) mass is 260 g/mol. The van der Waals surface area contributed by atoms with E-state index in [-0.39, 0.29) is 5.97 Å². The molecule has 1 aliphatic rings. The van der Waals surface area contributed by atoms with Crippen molar-refractivity contribution in [2.75, 3.05) is 13.9 Å². The molecule has 100 valence electrons. The van der Waals surface area contributed by atoms with Crippen molar-refractivity contribution in [2.24, 2.45) is 0 Å². The highest BCUT2D eigenvalue weighted by molar-refractivity contribution is 5.82. The minimum absolute atomic E-state index is 0.303. The molecule has 2 rings (SSSR count). The fraction of sp³-hybridized carbons (Fsp3) is 0.267. The molecule has 1 aromatic rings. The van der Waals surface area contributed by atoms with Gasteiger partial charge in [-0.2, -0.15) is 0 Å². The molecule has 1 heterocycles. The molecule has 0 unspecified atom stereocenters. The molecule has 0 atom stereocenters. The molecule has 0 amide bonds. The lowest BCUT2D eigenvalue weighted by atomic mass is 10.1. The Kier molecular flexibility index (Phi) is 4.61. The minimum Gasteiger partial charge on any atom is -0.466 e. The van der Waals surface area contributed by atoms with Crippen LogP contribution in [0.25, 0.3) is 0 Å². The molecule has 0 N–H and O–H groups in total. The zero-order valence-electron chi connectivity index (χ0n) is 10.8. The van der Waals surface area contributed by atoms with E-state index in [9.17, 15) is 4.79 Å². The number of rotatable bonds is 5. The number of hydrogen-bond acceptors (Lipinski definition) is 4. The topological polar surface area (TPSA) is 44.8 Å². The van der Waals surface area contributed by atoms with E-state index >= 15 is 0 Å². The van der Waals surface area contributed by atoms with E-state index in [2.05, 4.69) is 4.74 Å². The molecule has 19 heavy (non-hydrogen) atoms. The number of carbonyl (C=O) groups excluding carboxylic acids is 1. The van der Waals surface area contributed by atoms with Gasteiger partial charge in [-0.15, -0.1) is 0 Å². The molecular formula is C15H16O4. The summed E-state index contributed by atoms with van der Waals surface area (Å²) in [5.74, 6) is 1.27. The summed E-state index contributed by atoms with van der Waals surface area (Å²) in [6, 6.07) is 5.96. The first kappa shape index (κ1) is 13.2. The average molecular weight is 260 g/mol. The van der Waals surface area contributed by atoms with E-state index in [0.717, 1.165) is 24.3 Å². The molecule has 4 nitrogen and oxygen atoms in total. The van der Waals surface area contributed by atoms with Gasteiger partial charge < -0.3 is 14.2 Å². The van der Waals surface area contributed by atoms with E-state index in [0.29, 0.717) is 6.79 Å². The van der Waals surface area contributed by atoms with Gasteiger partial charge in [0.05, 0.1) is 7.11 Å². The third-order valence-electron chi connectivity index (χ3n) is 2.72. The van der Waals surface area contributed by atoms with Crippen LogP contribution in [0.5, 0.6) is 11.5 Å². The summed E-state index contributed by atoms with van der Waals surface area (Å²) in [5.41, 5.74) is 1.20. The number of esters is 1. The van der Waals surface area contributed by atoms with Gasteiger partial charge in [-0.3, -0.25) is 0 Å². The van der Waals surface area contributed by atoms with E-state index in [1.165, 1.54) is 18.7 Å². The Balaban J connectivity index is 1.78. The van der Waals surface area contributed by atoms with Crippen LogP contribution in [-0.2, 0) is 16.0 Å². The van der Waals surface area contributed by atoms with E-state index in [1.54, 1.807) is 6.08 Å². The lowest BCUT2D eigenvalue weighted by Crippen LogP contribution is -1.93. The smallest absolute Gasteiger partial charge is 0.330 e. The van der Waals surface area contributed by atoms with Crippen LogP contribution in [0.4, 0.5) is 0 Å². The molecule has 0 bridgehead atoms. The SMILES string of the molecule is COC(=O)/C=C/C=C/CCc1ccc2c(c1)OCO2. The first-order valence-corrected chi connectivity index (χ1v) is 6.09. The number of hydrogen-bond donors (Lipinski definition) is 0. The van der Waals surface area contributed by atoms with Gasteiger partial charge in [0, 0.05) is 6.08 Å². The number of allylic oxidation sites excluding steroid dienone is 3. The highest BCUT2D eigenvalue weighted by atomic mass is 16.7. The Bertz CT molecular complexity index is 503. The van der Waals surface area contributed by atoms with Gasteiger partial charge >= 0.3 is 5.97 Å². The van der Waals surface area contributed by atoms with Crippen LogP contribution >= 0.6 is 0 Å². The zero-order chi connectivity index (χ0) is 13.5. The highest BCUT2D eigenvalue weighted by Gasteiger charge is 2.12. The molecule has 0 aromatic heterocycles. The van der Waals surface area contributed by atoms with Crippen molar-refractivity contribution in [1.82, 2.24) is 0 Å². The average Bonchev–Trinajstić information content (AvgIpc) is 2.89. The summed E-state index contributed by atoms with van der Waals surface area (Å²) in [6.07, 6.45) is 8.71. The quantitative estimate of drug-likeness (QED) is 0.464. The molecular weight excluding hydrogens is 244 g/mol. The molecule has 0 fully saturated rings. The van der Waals surface area contributed by atoms with Crippen LogP contribution < -0.4 is 9.47 Å². The lowest BCUT2D eigenvalue weighted by molar-refractivity contribution is -0.134. The zero-order valence-corrected chi connectivity index (χ0v) is 10.8. The molecule has 1 aliphatic heterocycles. The summed E-state index contributed by atoms with van der Waals surface area (Å²) in [5, 5.41) is 0. The van der Waals surface area contributed by atoms with Gasteiger partial charge in [0.25, 0.3) is 0 Å². The molecule has 0 saturated carbocycles. The van der Waals surface area contributed by atoms with Crippen molar-refractivity contribution in [1.29, 1.82) is 0 Å². The van der Waals surface area contributed by atoms with Crippen molar-refractivity contribution in [2.45, 2.75) is 12.8 Å². The summed E-state index contributed by atoms with van der Waals surface area (Å²) < 4.78 is 15.1. The number of benzene rings is 1. The van der Waals surface area contributed by atoms with Gasteiger partial charge in [0.2, 0.25) is 6.79 Å². The predicted octanol–water partition coefficient (Wildman–Crippen LogP) is 2.63. The van der Waals surface area contributed by atoms with Crippen LogP contribution in [0.3, 0.4) is 0 Å². The van der Waals surface area contributed by atoms with Crippen LogP contribution in [0.2, 0.25) is 0 Å². The van der Waals surface area contributed by atoms with Gasteiger partial charge in [-0.1, -0.05) is 24.3 Å². The Labute approximate surface area is 112 Å². The molecule has 0 aliphatic carbocycles. The second kappa shape index (κ2) is 6.64. The summed E-state index contributed by atoms with van der Waals surface area (Å²) in [7, 11) is 1.36. The van der Waals surface area contributed by atoms with Crippen molar-refractivity contribution in [3.8, 4) is 11.5 Å². The number of aryl methyl sites for hydroxylation is 1. The number of methoxy groups -OCH3 is 1. The lowest BCUT2D eigenvalue weighted by Gasteiger charge is -2.00. The molecule has 0 radical (unpaired) electrons. The van der Waals surface area contributed by atoms with Crippen molar-refractivity contribution >= 4 is 5.97 Å². The molecule has 1 aromatic carbocycles. The fourth-order valence-electron chi connectivity index (χ4n) is 1.72. The van der Waals surface area contributed by atoms with Gasteiger partial charge in [0.15, 0.2) is 11.5 Å². The highest BCUT2D eigenvalue weighted by Crippen LogP contribution is 2.32. The van der Waals surface area contributed by atoms with Gasteiger partial charge in [-0.05, 0) is 30.5 Å². The van der Waals surface area contributed by atoms with Gasteiger partial charge in [-0.25, -0.2) is 4.79 Å². The van der Waals surface area contributed by atoms with E-state index in [1.807, 2.05) is 30.4 Å². The first-order chi connectivity index (χ1) is 9.29. The summed E-state index contributed by atoms with van der Waals surface area (Å²) in [6.45, 7) is 0.303. The molecule has 0 spiro atoms. The Morgan fingerprint density at radius 3 is 3.00 bits per heavy atom.